The molecule has 2 N–H and O–H groups in total. The Morgan fingerprint density at radius 3 is 3.00 bits per heavy atom. The predicted octanol–water partition coefficient (Wildman–Crippen LogP) is -0.368. The van der Waals surface area contributed by atoms with E-state index in [9.17, 15) is 0 Å². The molecule has 5 heteroatoms. The number of guanidine groups is 1. The highest BCUT2D eigenvalue weighted by Crippen LogP contribution is 1.62. The molecule has 0 unspecified atom stereocenters. The summed E-state index contributed by atoms with van der Waals surface area (Å²) < 4.78 is 0. The van der Waals surface area contributed by atoms with Crippen LogP contribution in [0.15, 0.2) is 4.99 Å². The van der Waals surface area contributed by atoms with E-state index >= 15 is 0 Å². The zero-order valence-electron chi connectivity index (χ0n) is 5.59. The molecule has 0 heterocycles. The maximum Gasteiger partial charge on any atom is 0.204 e. The predicted molar refractivity (Wildman–Crippen MR) is 43.8 cm³/mol. The number of nitrogens with zero attached hydrogens (tertiary/aromatic N) is 2. The Morgan fingerprint density at radius 2 is 2.60 bits per heavy atom. The van der Waals surface area contributed by atoms with Crippen LogP contribution >= 0.6 is 12.2 Å². The smallest absolute Gasteiger partial charge is 0.204 e. The van der Waals surface area contributed by atoms with Gasteiger partial charge in [0.2, 0.25) is 5.96 Å². The van der Waals surface area contributed by atoms with Crippen LogP contribution < -0.4 is 10.6 Å². The number of hydrogen-bond acceptors (Lipinski definition) is 3. The monoisotopic (exact) mass is 156 g/mol. The topological polar surface area (TPSA) is 60.2 Å². The van der Waals surface area contributed by atoms with Crippen LogP contribution in [0.4, 0.5) is 0 Å². The van der Waals surface area contributed by atoms with Gasteiger partial charge in [0.05, 0.1) is 0 Å². The third-order valence-electron chi connectivity index (χ3n) is 0.751. The van der Waals surface area contributed by atoms with E-state index in [1.807, 2.05) is 0 Å². The fourth-order valence-corrected chi connectivity index (χ4v) is 0.454. The quantitative estimate of drug-likeness (QED) is 0.188. The van der Waals surface area contributed by atoms with Gasteiger partial charge in [-0.3, -0.25) is 10.3 Å². The van der Waals surface area contributed by atoms with E-state index in [0.717, 1.165) is 0 Å². The molecule has 0 radical (unpaired) electrons. The minimum atomic E-state index is 0.434. The summed E-state index contributed by atoms with van der Waals surface area (Å²) in [6.45, 7) is 0.524. The summed E-state index contributed by atoms with van der Waals surface area (Å²) in [6.07, 6.45) is 1.74. The lowest BCUT2D eigenvalue weighted by Gasteiger charge is -2.01. The van der Waals surface area contributed by atoms with Crippen molar-refractivity contribution in [2.24, 2.45) is 4.99 Å². The third kappa shape index (κ3) is 3.80. The number of hydrogen-bond donors (Lipinski definition) is 2. The molecule has 0 atom stereocenters. The van der Waals surface area contributed by atoms with E-state index in [2.05, 4.69) is 27.8 Å². The highest BCUT2D eigenvalue weighted by molar-refractivity contribution is 7.79. The molecule has 0 saturated heterocycles. The lowest BCUT2D eigenvalue weighted by atomic mass is 10.7. The second kappa shape index (κ2) is 5.98. The Kier molecular flexibility index (Phi) is 5.29. The first-order valence-corrected chi connectivity index (χ1v) is 3.11. The molecule has 0 aliphatic heterocycles. The van der Waals surface area contributed by atoms with Crippen molar-refractivity contribution < 1.29 is 0 Å². The van der Waals surface area contributed by atoms with Crippen molar-refractivity contribution in [1.82, 2.24) is 10.6 Å². The van der Waals surface area contributed by atoms with Crippen LogP contribution in [0.3, 0.4) is 0 Å². The summed E-state index contributed by atoms with van der Waals surface area (Å²) in [5, 5.41) is 14.8. The van der Waals surface area contributed by atoms with E-state index < -0.39 is 0 Å². The first-order valence-electron chi connectivity index (χ1n) is 2.64. The van der Waals surface area contributed by atoms with Crippen LogP contribution in [0.5, 0.6) is 0 Å². The van der Waals surface area contributed by atoms with Gasteiger partial charge in [-0.05, 0) is 5.37 Å². The van der Waals surface area contributed by atoms with E-state index in [1.165, 1.54) is 5.37 Å². The highest BCUT2D eigenvalue weighted by Gasteiger charge is 1.89. The number of aliphatic imine (C=N–C) groups is 1. The normalized spacial score (nSPS) is 9.80. The minimum absolute atomic E-state index is 0.434. The molecule has 0 aromatic rings. The molecular formula is C5H8N4S. The van der Waals surface area contributed by atoms with Crippen molar-refractivity contribution >= 4 is 23.5 Å². The van der Waals surface area contributed by atoms with Crippen LogP contribution in [0.1, 0.15) is 0 Å². The molecule has 0 spiro atoms. The van der Waals surface area contributed by atoms with Crippen LogP contribution in [0, 0.1) is 11.5 Å². The van der Waals surface area contributed by atoms with Gasteiger partial charge in [-0.25, -0.2) is 0 Å². The molecule has 0 amide bonds. The van der Waals surface area contributed by atoms with Crippen LogP contribution in [-0.4, -0.2) is 24.9 Å². The molecule has 0 bridgehead atoms. The Morgan fingerprint density at radius 1 is 1.90 bits per heavy atom. The summed E-state index contributed by atoms with van der Waals surface area (Å²) in [6, 6.07) is 0. The summed E-state index contributed by atoms with van der Waals surface area (Å²) in [5.41, 5.74) is 0. The van der Waals surface area contributed by atoms with Gasteiger partial charge in [0.25, 0.3) is 0 Å². The van der Waals surface area contributed by atoms with Gasteiger partial charge in [0.15, 0.2) is 6.19 Å². The average molecular weight is 156 g/mol. The molecule has 0 aliphatic rings. The van der Waals surface area contributed by atoms with Gasteiger partial charge in [-0.1, -0.05) is 12.2 Å². The standard InChI is InChI=1S/C5H8N4S/c1-7-5(9-4-6)8-2-3-10/h3H,2H2,1H3,(H2,7,8,9). The first kappa shape index (κ1) is 8.85. The van der Waals surface area contributed by atoms with Crippen LogP contribution in [0.2, 0.25) is 0 Å². The van der Waals surface area contributed by atoms with Crippen molar-refractivity contribution in [3.05, 3.63) is 0 Å². The summed E-state index contributed by atoms with van der Waals surface area (Å²) in [4.78, 5) is 3.72. The van der Waals surface area contributed by atoms with E-state index in [-0.39, 0.29) is 0 Å². The van der Waals surface area contributed by atoms with Gasteiger partial charge >= 0.3 is 0 Å². The molecule has 0 aromatic carbocycles. The molecule has 4 nitrogen and oxygen atoms in total. The number of nitriles is 1. The maximum atomic E-state index is 8.15. The van der Waals surface area contributed by atoms with Crippen LogP contribution in [-0.2, 0) is 0 Å². The van der Waals surface area contributed by atoms with Crippen molar-refractivity contribution in [1.29, 1.82) is 5.26 Å². The van der Waals surface area contributed by atoms with E-state index in [4.69, 9.17) is 5.26 Å². The van der Waals surface area contributed by atoms with Gasteiger partial charge in [0, 0.05) is 13.6 Å². The van der Waals surface area contributed by atoms with Gasteiger partial charge in [0.1, 0.15) is 0 Å². The molecule has 0 aromatic heterocycles. The Bertz CT molecular complexity index is 169. The number of thiocarbonyl (C=S) groups is 1. The zero-order valence-corrected chi connectivity index (χ0v) is 6.40. The maximum absolute atomic E-state index is 8.15. The van der Waals surface area contributed by atoms with E-state index in [0.29, 0.717) is 12.5 Å². The molecule has 54 valence electrons. The summed E-state index contributed by atoms with van der Waals surface area (Å²) in [5.74, 6) is 0.434. The SMILES string of the molecule is CN=C(NC#N)NCC=S. The van der Waals surface area contributed by atoms with Crippen molar-refractivity contribution in [2.75, 3.05) is 13.6 Å². The Balaban J connectivity index is 3.64. The lowest BCUT2D eigenvalue weighted by Crippen LogP contribution is -2.35. The van der Waals surface area contributed by atoms with Gasteiger partial charge < -0.3 is 5.32 Å². The molecule has 0 rings (SSSR count). The second-order valence-electron chi connectivity index (χ2n) is 1.36. The Hall–Kier alpha value is -1.15. The minimum Gasteiger partial charge on any atom is -0.351 e. The number of rotatable bonds is 2. The van der Waals surface area contributed by atoms with Crippen molar-refractivity contribution in [3.63, 3.8) is 0 Å². The van der Waals surface area contributed by atoms with Crippen molar-refractivity contribution in [2.45, 2.75) is 0 Å². The van der Waals surface area contributed by atoms with E-state index in [1.54, 1.807) is 13.2 Å². The molecule has 0 saturated carbocycles. The lowest BCUT2D eigenvalue weighted by molar-refractivity contribution is 1.01. The second-order valence-corrected chi connectivity index (χ2v) is 1.69. The van der Waals surface area contributed by atoms with Crippen molar-refractivity contribution in [3.8, 4) is 6.19 Å². The number of nitrogens with one attached hydrogen (secondary N) is 2. The van der Waals surface area contributed by atoms with Crippen LogP contribution in [0.25, 0.3) is 0 Å². The highest BCUT2D eigenvalue weighted by atomic mass is 32.1. The van der Waals surface area contributed by atoms with Gasteiger partial charge in [-0.15, -0.1) is 0 Å². The third-order valence-corrected chi connectivity index (χ3v) is 0.917. The molecule has 0 fully saturated rings. The average Bonchev–Trinajstić information content (AvgIpc) is 1.98. The zero-order chi connectivity index (χ0) is 7.82. The largest absolute Gasteiger partial charge is 0.351 e. The Labute approximate surface area is 64.9 Å². The summed E-state index contributed by atoms with van der Waals surface area (Å²) >= 11 is 4.55. The molecule has 0 aliphatic carbocycles. The first-order chi connectivity index (χ1) is 4.85. The fourth-order valence-electron chi connectivity index (χ4n) is 0.370. The summed E-state index contributed by atoms with van der Waals surface area (Å²) in [7, 11) is 1.58. The van der Waals surface area contributed by atoms with Gasteiger partial charge in [-0.2, -0.15) is 5.26 Å². The molecule has 10 heavy (non-hydrogen) atoms. The molecular weight excluding hydrogens is 148 g/mol. The fraction of sp³-hybridized carbons (Fsp3) is 0.400.